The van der Waals surface area contributed by atoms with Gasteiger partial charge in [0.25, 0.3) is 0 Å². The molecule has 0 bridgehead atoms. The molecule has 0 aromatic rings. The van der Waals surface area contributed by atoms with E-state index in [4.69, 9.17) is 5.73 Å². The number of carbonyl (C=O) groups excluding carboxylic acids is 2. The van der Waals surface area contributed by atoms with E-state index in [0.717, 1.165) is 25.7 Å². The third-order valence-electron chi connectivity index (χ3n) is 4.33. The molecular formula is C14H26N4O2. The maximum Gasteiger partial charge on any atom is 0.317 e. The normalized spacial score (nSPS) is 29.5. The lowest BCUT2D eigenvalue weighted by Crippen LogP contribution is -2.42. The van der Waals surface area contributed by atoms with Crippen LogP contribution in [0.25, 0.3) is 0 Å². The molecule has 0 aromatic carbocycles. The van der Waals surface area contributed by atoms with E-state index in [9.17, 15) is 9.59 Å². The minimum atomic E-state index is -0.0398. The van der Waals surface area contributed by atoms with Gasteiger partial charge in [0, 0.05) is 38.1 Å². The lowest BCUT2D eigenvalue weighted by Gasteiger charge is -2.19. The first-order valence-corrected chi connectivity index (χ1v) is 7.68. The summed E-state index contributed by atoms with van der Waals surface area (Å²) in [5.41, 5.74) is 5.99. The Kier molecular flexibility index (Phi) is 5.23. The van der Waals surface area contributed by atoms with E-state index in [1.807, 2.05) is 6.92 Å². The van der Waals surface area contributed by atoms with Crippen molar-refractivity contribution in [1.82, 2.24) is 15.5 Å². The molecule has 3 amide bonds. The fourth-order valence-electron chi connectivity index (χ4n) is 3.17. The Morgan fingerprint density at radius 3 is 2.75 bits per heavy atom. The highest BCUT2D eigenvalue weighted by molar-refractivity contribution is 5.77. The average Bonchev–Trinajstić information content (AvgIpc) is 3.00. The summed E-state index contributed by atoms with van der Waals surface area (Å²) in [6.45, 7) is 3.85. The maximum atomic E-state index is 12.0. The number of nitrogens with two attached hydrogens (primary N) is 1. The molecule has 0 radical (unpaired) electrons. The molecule has 1 heterocycles. The first kappa shape index (κ1) is 15.1. The highest BCUT2D eigenvalue weighted by Gasteiger charge is 2.29. The number of hydrogen-bond acceptors (Lipinski definition) is 3. The van der Waals surface area contributed by atoms with Gasteiger partial charge in [-0.2, -0.15) is 0 Å². The third-order valence-corrected chi connectivity index (χ3v) is 4.33. The van der Waals surface area contributed by atoms with E-state index < -0.39 is 0 Å². The number of likely N-dealkylation sites (tertiary alicyclic amines) is 1. The molecule has 0 aromatic heterocycles. The molecule has 2 aliphatic rings. The van der Waals surface area contributed by atoms with Gasteiger partial charge in [-0.1, -0.05) is 6.42 Å². The highest BCUT2D eigenvalue weighted by atomic mass is 16.2. The topological polar surface area (TPSA) is 87.5 Å². The molecule has 1 aliphatic carbocycles. The molecule has 6 nitrogen and oxygen atoms in total. The molecular weight excluding hydrogens is 256 g/mol. The van der Waals surface area contributed by atoms with E-state index >= 15 is 0 Å². The molecule has 2 fully saturated rings. The molecule has 3 atom stereocenters. The van der Waals surface area contributed by atoms with E-state index in [0.29, 0.717) is 32.0 Å². The van der Waals surface area contributed by atoms with E-state index in [1.54, 1.807) is 4.90 Å². The first-order chi connectivity index (χ1) is 9.60. The Bertz CT molecular complexity index is 361. The number of nitrogens with zero attached hydrogens (tertiary/aromatic N) is 1. The first-order valence-electron chi connectivity index (χ1n) is 7.68. The lowest BCUT2D eigenvalue weighted by molar-refractivity contribution is -0.122. The van der Waals surface area contributed by atoms with Crippen LogP contribution in [0, 0.1) is 5.92 Å². The number of carbonyl (C=O) groups is 2. The van der Waals surface area contributed by atoms with Crippen molar-refractivity contribution in [2.45, 2.75) is 51.1 Å². The van der Waals surface area contributed by atoms with Gasteiger partial charge in [-0.3, -0.25) is 4.79 Å². The summed E-state index contributed by atoms with van der Waals surface area (Å²) in [7, 11) is 0. The second kappa shape index (κ2) is 6.92. The summed E-state index contributed by atoms with van der Waals surface area (Å²) in [5.74, 6) is 0.408. The number of urea groups is 1. The Morgan fingerprint density at radius 2 is 2.10 bits per heavy atom. The number of amides is 3. The number of hydrogen-bond donors (Lipinski definition) is 3. The molecule has 0 spiro atoms. The summed E-state index contributed by atoms with van der Waals surface area (Å²) < 4.78 is 0. The summed E-state index contributed by atoms with van der Waals surface area (Å²) in [4.78, 5) is 25.5. The maximum absolute atomic E-state index is 12.0. The minimum absolute atomic E-state index is 0.0398. The lowest BCUT2D eigenvalue weighted by atomic mass is 9.99. The van der Waals surface area contributed by atoms with Crippen LogP contribution in [0.5, 0.6) is 0 Å². The molecule has 4 N–H and O–H groups in total. The van der Waals surface area contributed by atoms with Gasteiger partial charge in [0.05, 0.1) is 0 Å². The zero-order valence-electron chi connectivity index (χ0n) is 12.2. The van der Waals surface area contributed by atoms with Crippen LogP contribution in [-0.2, 0) is 4.79 Å². The molecule has 1 saturated heterocycles. The van der Waals surface area contributed by atoms with Crippen molar-refractivity contribution in [3.8, 4) is 0 Å². The second-order valence-electron chi connectivity index (χ2n) is 5.89. The van der Waals surface area contributed by atoms with Crippen molar-refractivity contribution < 1.29 is 9.59 Å². The SMILES string of the molecule is CCNC(=O)N1CCC(NC(=O)C[C@@H]2CCC[C@H]2N)C1. The zero-order valence-corrected chi connectivity index (χ0v) is 12.2. The van der Waals surface area contributed by atoms with E-state index in [-0.39, 0.29) is 24.0 Å². The average molecular weight is 282 g/mol. The predicted octanol–water partition coefficient (Wildman–Crippen LogP) is 0.424. The Hall–Kier alpha value is -1.30. The quantitative estimate of drug-likeness (QED) is 0.698. The van der Waals surface area contributed by atoms with Crippen molar-refractivity contribution in [3.63, 3.8) is 0 Å². The Morgan fingerprint density at radius 1 is 1.30 bits per heavy atom. The standard InChI is InChI=1S/C14H26N4O2/c1-2-16-14(20)18-7-6-11(9-18)17-13(19)8-10-4-3-5-12(10)15/h10-12H,2-9,15H2,1H3,(H,16,20)(H,17,19)/t10-,11?,12+/m0/s1. The van der Waals surface area contributed by atoms with Crippen molar-refractivity contribution in [3.05, 3.63) is 0 Å². The fraction of sp³-hybridized carbons (Fsp3) is 0.857. The van der Waals surface area contributed by atoms with Gasteiger partial charge >= 0.3 is 6.03 Å². The molecule has 114 valence electrons. The van der Waals surface area contributed by atoms with Crippen LogP contribution in [0.15, 0.2) is 0 Å². The van der Waals surface area contributed by atoms with Crippen molar-refractivity contribution in [2.75, 3.05) is 19.6 Å². The van der Waals surface area contributed by atoms with Crippen LogP contribution in [0.2, 0.25) is 0 Å². The minimum Gasteiger partial charge on any atom is -0.352 e. The Labute approximate surface area is 120 Å². The van der Waals surface area contributed by atoms with Crippen LogP contribution in [0.4, 0.5) is 4.79 Å². The van der Waals surface area contributed by atoms with Crippen LogP contribution in [0.1, 0.15) is 39.0 Å². The monoisotopic (exact) mass is 282 g/mol. The van der Waals surface area contributed by atoms with Gasteiger partial charge in [0.2, 0.25) is 5.91 Å². The summed E-state index contributed by atoms with van der Waals surface area (Å²) in [6, 6.07) is 0.223. The van der Waals surface area contributed by atoms with Crippen LogP contribution in [-0.4, -0.2) is 48.6 Å². The van der Waals surface area contributed by atoms with E-state index in [1.165, 1.54) is 0 Å². The highest BCUT2D eigenvalue weighted by Crippen LogP contribution is 2.26. The number of nitrogens with one attached hydrogen (secondary N) is 2. The summed E-state index contributed by atoms with van der Waals surface area (Å²) in [5, 5.41) is 5.82. The molecule has 6 heteroatoms. The molecule has 1 aliphatic heterocycles. The van der Waals surface area contributed by atoms with Crippen LogP contribution in [0.3, 0.4) is 0 Å². The largest absolute Gasteiger partial charge is 0.352 e. The van der Waals surface area contributed by atoms with Crippen LogP contribution >= 0.6 is 0 Å². The van der Waals surface area contributed by atoms with Gasteiger partial charge in [-0.25, -0.2) is 4.79 Å². The van der Waals surface area contributed by atoms with Gasteiger partial charge in [-0.05, 0) is 32.1 Å². The second-order valence-corrected chi connectivity index (χ2v) is 5.89. The van der Waals surface area contributed by atoms with Crippen molar-refractivity contribution in [2.24, 2.45) is 11.7 Å². The van der Waals surface area contributed by atoms with Gasteiger partial charge in [-0.15, -0.1) is 0 Å². The zero-order chi connectivity index (χ0) is 14.5. The third kappa shape index (κ3) is 3.85. The molecule has 20 heavy (non-hydrogen) atoms. The predicted molar refractivity (Wildman–Crippen MR) is 77.1 cm³/mol. The fourth-order valence-corrected chi connectivity index (χ4v) is 3.17. The molecule has 1 saturated carbocycles. The Balaban J connectivity index is 1.71. The summed E-state index contributed by atoms with van der Waals surface area (Å²) >= 11 is 0. The van der Waals surface area contributed by atoms with Gasteiger partial charge in [0.1, 0.15) is 0 Å². The van der Waals surface area contributed by atoms with Crippen LogP contribution < -0.4 is 16.4 Å². The molecule has 1 unspecified atom stereocenters. The summed E-state index contributed by atoms with van der Waals surface area (Å²) in [6.07, 6.45) is 4.59. The van der Waals surface area contributed by atoms with Gasteiger partial charge < -0.3 is 21.3 Å². The van der Waals surface area contributed by atoms with Gasteiger partial charge in [0.15, 0.2) is 0 Å². The van der Waals surface area contributed by atoms with Crippen molar-refractivity contribution in [1.29, 1.82) is 0 Å². The molecule has 2 rings (SSSR count). The van der Waals surface area contributed by atoms with E-state index in [2.05, 4.69) is 10.6 Å². The smallest absolute Gasteiger partial charge is 0.317 e. The number of rotatable bonds is 4. The van der Waals surface area contributed by atoms with Crippen molar-refractivity contribution >= 4 is 11.9 Å².